The van der Waals surface area contributed by atoms with Gasteiger partial charge < -0.3 is 15.6 Å². The number of aromatic nitrogens is 3. The van der Waals surface area contributed by atoms with Crippen LogP contribution in [-0.2, 0) is 11.6 Å². The Morgan fingerprint density at radius 2 is 1.93 bits per heavy atom. The molecule has 0 atom stereocenters. The third-order valence-corrected chi connectivity index (χ3v) is 5.55. The molecule has 0 aliphatic carbocycles. The number of halogens is 3. The molecule has 3 heterocycles. The van der Waals surface area contributed by atoms with Gasteiger partial charge in [-0.3, -0.25) is 0 Å². The zero-order valence-corrected chi connectivity index (χ0v) is 14.6. The Morgan fingerprint density at radius 3 is 2.63 bits per heavy atom. The molecule has 1 aromatic carbocycles. The molecule has 0 saturated carbocycles. The zero-order chi connectivity index (χ0) is 19.1. The molecule has 0 amide bonds. The van der Waals surface area contributed by atoms with Crippen LogP contribution in [0.25, 0.3) is 11.0 Å². The average Bonchev–Trinajstić information content (AvgIpc) is 3.16. The van der Waals surface area contributed by atoms with Gasteiger partial charge in [0, 0.05) is 31.2 Å². The number of rotatable bonds is 3. The van der Waals surface area contributed by atoms with Crippen LogP contribution in [-0.4, -0.2) is 34.6 Å². The molecule has 1 saturated heterocycles. The van der Waals surface area contributed by atoms with Crippen LogP contribution in [0, 0.1) is 0 Å². The van der Waals surface area contributed by atoms with Crippen molar-refractivity contribution in [1.82, 2.24) is 15.0 Å². The van der Waals surface area contributed by atoms with Gasteiger partial charge in [0.15, 0.2) is 0 Å². The minimum Gasteiger partial charge on any atom is -0.356 e. The van der Waals surface area contributed by atoms with E-state index in [1.807, 2.05) is 12.3 Å². The van der Waals surface area contributed by atoms with Gasteiger partial charge in [0.05, 0.1) is 10.9 Å². The van der Waals surface area contributed by atoms with Crippen LogP contribution in [0.5, 0.6) is 0 Å². The van der Waals surface area contributed by atoms with Crippen LogP contribution >= 0.6 is 0 Å². The molecular formula is C19H20F3N5. The SMILES string of the molecule is NCC1(c2cccc(C(F)(F)F)c2)CCN(c2ncnc3[nH]ccc23)CC1. The van der Waals surface area contributed by atoms with Gasteiger partial charge in [0.2, 0.25) is 0 Å². The third kappa shape index (κ3) is 3.14. The smallest absolute Gasteiger partial charge is 0.356 e. The highest BCUT2D eigenvalue weighted by atomic mass is 19.4. The first-order valence-electron chi connectivity index (χ1n) is 8.84. The fourth-order valence-electron chi connectivity index (χ4n) is 3.89. The van der Waals surface area contributed by atoms with Crippen molar-refractivity contribution in [2.45, 2.75) is 24.4 Å². The molecule has 27 heavy (non-hydrogen) atoms. The van der Waals surface area contributed by atoms with Gasteiger partial charge in [-0.15, -0.1) is 0 Å². The number of benzene rings is 1. The monoisotopic (exact) mass is 375 g/mol. The van der Waals surface area contributed by atoms with Crippen LogP contribution in [0.1, 0.15) is 24.0 Å². The minimum atomic E-state index is -4.35. The quantitative estimate of drug-likeness (QED) is 0.735. The summed E-state index contributed by atoms with van der Waals surface area (Å²) in [5.74, 6) is 0.843. The fraction of sp³-hybridized carbons (Fsp3) is 0.368. The van der Waals surface area contributed by atoms with Crippen molar-refractivity contribution in [1.29, 1.82) is 0 Å². The molecule has 0 radical (unpaired) electrons. The average molecular weight is 375 g/mol. The van der Waals surface area contributed by atoms with E-state index in [-0.39, 0.29) is 0 Å². The summed E-state index contributed by atoms with van der Waals surface area (Å²) in [6, 6.07) is 7.51. The summed E-state index contributed by atoms with van der Waals surface area (Å²) in [4.78, 5) is 13.8. The molecule has 3 N–H and O–H groups in total. The highest BCUT2D eigenvalue weighted by molar-refractivity contribution is 5.87. The van der Waals surface area contributed by atoms with Gasteiger partial charge in [0.1, 0.15) is 17.8 Å². The standard InChI is InChI=1S/C19H20F3N5/c20-19(21,22)14-3-1-2-13(10-14)18(11-23)5-8-27(9-6-18)17-15-4-7-24-16(15)25-12-26-17/h1-4,7,10,12H,5-6,8-9,11,23H2,(H,24,25,26). The number of aromatic amines is 1. The molecule has 142 valence electrons. The van der Waals surface area contributed by atoms with Gasteiger partial charge in [0.25, 0.3) is 0 Å². The lowest BCUT2D eigenvalue weighted by Gasteiger charge is -2.42. The number of piperidine rings is 1. The van der Waals surface area contributed by atoms with E-state index < -0.39 is 17.2 Å². The van der Waals surface area contributed by atoms with E-state index in [1.165, 1.54) is 18.5 Å². The van der Waals surface area contributed by atoms with Crippen LogP contribution in [0.3, 0.4) is 0 Å². The molecule has 1 fully saturated rings. The summed E-state index contributed by atoms with van der Waals surface area (Å²) >= 11 is 0. The van der Waals surface area contributed by atoms with Gasteiger partial charge in [-0.25, -0.2) is 9.97 Å². The molecule has 1 aliphatic rings. The zero-order valence-electron chi connectivity index (χ0n) is 14.6. The van der Waals surface area contributed by atoms with E-state index in [0.717, 1.165) is 22.9 Å². The fourth-order valence-corrected chi connectivity index (χ4v) is 3.89. The van der Waals surface area contributed by atoms with Crippen LogP contribution in [0.4, 0.5) is 19.0 Å². The molecule has 3 aromatic rings. The van der Waals surface area contributed by atoms with Gasteiger partial charge in [-0.1, -0.05) is 18.2 Å². The Kier molecular flexibility index (Phi) is 4.30. The maximum atomic E-state index is 13.1. The van der Waals surface area contributed by atoms with E-state index in [2.05, 4.69) is 19.9 Å². The molecule has 0 unspecified atom stereocenters. The number of anilines is 1. The number of hydrogen-bond donors (Lipinski definition) is 2. The molecule has 1 aliphatic heterocycles. The summed E-state index contributed by atoms with van der Waals surface area (Å²) in [7, 11) is 0. The van der Waals surface area contributed by atoms with Crippen molar-refractivity contribution in [2.24, 2.45) is 5.73 Å². The van der Waals surface area contributed by atoms with E-state index in [0.29, 0.717) is 38.0 Å². The molecule has 0 bridgehead atoms. The third-order valence-electron chi connectivity index (χ3n) is 5.55. The van der Waals surface area contributed by atoms with E-state index in [4.69, 9.17) is 5.73 Å². The lowest BCUT2D eigenvalue weighted by molar-refractivity contribution is -0.137. The first kappa shape index (κ1) is 17.8. The molecular weight excluding hydrogens is 355 g/mol. The van der Waals surface area contributed by atoms with Crippen molar-refractivity contribution >= 4 is 16.9 Å². The summed E-state index contributed by atoms with van der Waals surface area (Å²) in [5.41, 5.74) is 6.41. The summed E-state index contributed by atoms with van der Waals surface area (Å²) < 4.78 is 39.3. The minimum absolute atomic E-state index is 0.311. The Labute approximate surface area is 154 Å². The topological polar surface area (TPSA) is 70.8 Å². The summed E-state index contributed by atoms with van der Waals surface area (Å²) in [5, 5.41) is 0.941. The van der Waals surface area contributed by atoms with Crippen LogP contribution in [0.2, 0.25) is 0 Å². The number of nitrogens with zero attached hydrogens (tertiary/aromatic N) is 3. The highest BCUT2D eigenvalue weighted by Crippen LogP contribution is 2.39. The van der Waals surface area contributed by atoms with E-state index in [1.54, 1.807) is 6.07 Å². The number of hydrogen-bond acceptors (Lipinski definition) is 4. The predicted octanol–water partition coefficient (Wildman–Crippen LogP) is 3.47. The van der Waals surface area contributed by atoms with Crippen molar-refractivity contribution in [2.75, 3.05) is 24.5 Å². The number of alkyl halides is 3. The normalized spacial score (nSPS) is 17.4. The summed E-state index contributed by atoms with van der Waals surface area (Å²) in [6.07, 6.45) is 0.320. The molecule has 8 heteroatoms. The van der Waals surface area contributed by atoms with Gasteiger partial charge in [-0.2, -0.15) is 13.2 Å². The lowest BCUT2D eigenvalue weighted by Crippen LogP contribution is -2.47. The van der Waals surface area contributed by atoms with E-state index in [9.17, 15) is 13.2 Å². The molecule has 0 spiro atoms. The van der Waals surface area contributed by atoms with Gasteiger partial charge in [-0.05, 0) is 30.5 Å². The maximum Gasteiger partial charge on any atom is 0.416 e. The van der Waals surface area contributed by atoms with Crippen molar-refractivity contribution in [3.05, 3.63) is 54.0 Å². The first-order valence-corrected chi connectivity index (χ1v) is 8.84. The molecule has 5 nitrogen and oxygen atoms in total. The van der Waals surface area contributed by atoms with Gasteiger partial charge >= 0.3 is 6.18 Å². The van der Waals surface area contributed by atoms with E-state index >= 15 is 0 Å². The number of fused-ring (bicyclic) bond motifs is 1. The Bertz CT molecular complexity index is 942. The second-order valence-electron chi connectivity index (χ2n) is 6.99. The van der Waals surface area contributed by atoms with Crippen molar-refractivity contribution < 1.29 is 13.2 Å². The Morgan fingerprint density at radius 1 is 1.15 bits per heavy atom. The second-order valence-corrected chi connectivity index (χ2v) is 6.99. The largest absolute Gasteiger partial charge is 0.416 e. The number of H-pyrrole nitrogens is 1. The molecule has 2 aromatic heterocycles. The Hall–Kier alpha value is -2.61. The number of nitrogens with two attached hydrogens (primary N) is 1. The van der Waals surface area contributed by atoms with Crippen LogP contribution in [0.15, 0.2) is 42.9 Å². The van der Waals surface area contributed by atoms with Crippen molar-refractivity contribution in [3.8, 4) is 0 Å². The lowest BCUT2D eigenvalue weighted by atomic mass is 9.72. The first-order chi connectivity index (χ1) is 12.9. The van der Waals surface area contributed by atoms with Crippen LogP contribution < -0.4 is 10.6 Å². The Balaban J connectivity index is 1.60. The second kappa shape index (κ2) is 6.53. The number of nitrogens with one attached hydrogen (secondary N) is 1. The highest BCUT2D eigenvalue weighted by Gasteiger charge is 2.38. The summed E-state index contributed by atoms with van der Waals surface area (Å²) in [6.45, 7) is 1.65. The molecule has 4 rings (SSSR count). The predicted molar refractivity (Wildman–Crippen MR) is 97.5 cm³/mol. The maximum absolute atomic E-state index is 13.1. The van der Waals surface area contributed by atoms with Crippen molar-refractivity contribution in [3.63, 3.8) is 0 Å².